The molecule has 0 radical (unpaired) electrons. The molecule has 0 aliphatic heterocycles. The van der Waals surface area contributed by atoms with Gasteiger partial charge >= 0.3 is 7.60 Å². The van der Waals surface area contributed by atoms with Crippen LogP contribution in [0.5, 0.6) is 5.75 Å². The summed E-state index contributed by atoms with van der Waals surface area (Å²) in [5.41, 5.74) is 3.65. The normalized spacial score (nSPS) is 13.3. The van der Waals surface area contributed by atoms with Crippen molar-refractivity contribution in [2.75, 3.05) is 41.0 Å². The summed E-state index contributed by atoms with van der Waals surface area (Å²) in [6, 6.07) is 12.2. The van der Waals surface area contributed by atoms with Crippen LogP contribution in [0.4, 0.5) is 5.69 Å². The molecule has 9 heteroatoms. The van der Waals surface area contributed by atoms with Crippen LogP contribution in [-0.2, 0) is 28.6 Å². The van der Waals surface area contributed by atoms with E-state index in [1.165, 1.54) is 41.0 Å². The molecule has 0 aliphatic carbocycles. The second-order valence-electron chi connectivity index (χ2n) is 8.33. The summed E-state index contributed by atoms with van der Waals surface area (Å²) in [6.45, 7) is 3.74. The van der Waals surface area contributed by atoms with Crippen molar-refractivity contribution in [3.63, 3.8) is 0 Å². The van der Waals surface area contributed by atoms with Crippen molar-refractivity contribution in [2.45, 2.75) is 32.9 Å². The minimum absolute atomic E-state index is 0.0465. The average molecular weight is 464 g/mol. The molecule has 1 atom stereocenters. The van der Waals surface area contributed by atoms with Gasteiger partial charge in [-0.2, -0.15) is 0 Å². The Morgan fingerprint density at radius 2 is 1.47 bits per heavy atom. The molecule has 0 bridgehead atoms. The van der Waals surface area contributed by atoms with E-state index < -0.39 is 12.5 Å². The highest BCUT2D eigenvalue weighted by molar-refractivity contribution is 7.54. The Hall–Kier alpha value is -2.25. The van der Waals surface area contributed by atoms with E-state index in [0.717, 1.165) is 19.5 Å². The lowest BCUT2D eigenvalue weighted by atomic mass is 10.0. The number of nitrogens with zero attached hydrogens (tertiary/aromatic N) is 3. The van der Waals surface area contributed by atoms with Crippen molar-refractivity contribution in [3.8, 4) is 5.75 Å². The van der Waals surface area contributed by atoms with Gasteiger partial charge in [-0.1, -0.05) is 18.2 Å². The number of nitro benzene ring substituents is 1. The van der Waals surface area contributed by atoms with Crippen LogP contribution in [-0.4, -0.2) is 55.7 Å². The number of nitro groups is 1. The van der Waals surface area contributed by atoms with Gasteiger partial charge in [-0.3, -0.25) is 10.1 Å². The zero-order valence-electron chi connectivity index (χ0n) is 19.6. The molecular formula is C23H34N3O5P. The largest absolute Gasteiger partial charge is 0.424 e. The van der Waals surface area contributed by atoms with Crippen LogP contribution >= 0.6 is 7.60 Å². The number of rotatable bonds is 13. The van der Waals surface area contributed by atoms with Gasteiger partial charge in [-0.15, -0.1) is 0 Å². The maximum absolute atomic E-state index is 13.2. The second kappa shape index (κ2) is 12.1. The van der Waals surface area contributed by atoms with Crippen molar-refractivity contribution < 1.29 is 18.5 Å². The topological polar surface area (TPSA) is 85.2 Å². The maximum Gasteiger partial charge on any atom is 0.379 e. The monoisotopic (exact) mass is 463 g/mol. The minimum Gasteiger partial charge on any atom is -0.424 e. The van der Waals surface area contributed by atoms with Gasteiger partial charge in [-0.05, 0) is 76.8 Å². The average Bonchev–Trinajstić information content (AvgIpc) is 2.67. The summed E-state index contributed by atoms with van der Waals surface area (Å²) in [6.07, 6.45) is 1.65. The molecular weight excluding hydrogens is 429 g/mol. The van der Waals surface area contributed by atoms with Crippen molar-refractivity contribution in [1.29, 1.82) is 0 Å². The highest BCUT2D eigenvalue weighted by Gasteiger charge is 2.25. The van der Waals surface area contributed by atoms with Crippen molar-refractivity contribution in [1.82, 2.24) is 9.80 Å². The van der Waals surface area contributed by atoms with Crippen LogP contribution < -0.4 is 4.52 Å². The predicted molar refractivity (Wildman–Crippen MR) is 127 cm³/mol. The molecule has 0 saturated heterocycles. The van der Waals surface area contributed by atoms with Crippen molar-refractivity contribution in [2.24, 2.45) is 0 Å². The highest BCUT2D eigenvalue weighted by atomic mass is 31.2. The number of hydrogen-bond acceptors (Lipinski definition) is 7. The zero-order valence-corrected chi connectivity index (χ0v) is 20.5. The van der Waals surface area contributed by atoms with E-state index in [-0.39, 0.29) is 18.5 Å². The van der Waals surface area contributed by atoms with E-state index in [1.807, 2.05) is 28.2 Å². The van der Waals surface area contributed by atoms with Gasteiger partial charge in [0.05, 0.1) is 17.7 Å². The molecule has 32 heavy (non-hydrogen) atoms. The number of benzene rings is 2. The molecule has 0 N–H and O–H groups in total. The van der Waals surface area contributed by atoms with Gasteiger partial charge in [0.25, 0.3) is 5.69 Å². The summed E-state index contributed by atoms with van der Waals surface area (Å²) >= 11 is 0. The standard InChI is InChI=1S/C23H34N3O5P/c1-6-30-32(29,31-23-11-9-22(10-12-23)26(27)28)13-7-8-19-14-20(17-24(2)3)16-21(15-19)18-25(4)5/h9-12,14-16H,6-8,13,17-18H2,1-5H3. The Morgan fingerprint density at radius 3 is 1.94 bits per heavy atom. The first-order valence-electron chi connectivity index (χ1n) is 10.7. The molecule has 176 valence electrons. The fraction of sp³-hybridized carbons (Fsp3) is 0.478. The smallest absolute Gasteiger partial charge is 0.379 e. The maximum atomic E-state index is 13.2. The first-order chi connectivity index (χ1) is 15.1. The van der Waals surface area contributed by atoms with E-state index in [1.54, 1.807) is 6.92 Å². The first-order valence-corrected chi connectivity index (χ1v) is 12.4. The minimum atomic E-state index is -3.37. The molecule has 0 saturated carbocycles. The van der Waals surface area contributed by atoms with Gasteiger partial charge < -0.3 is 18.8 Å². The van der Waals surface area contributed by atoms with Crippen LogP contribution in [0.3, 0.4) is 0 Å². The molecule has 2 aromatic carbocycles. The highest BCUT2D eigenvalue weighted by Crippen LogP contribution is 2.49. The molecule has 0 spiro atoms. The van der Waals surface area contributed by atoms with Crippen molar-refractivity contribution in [3.05, 3.63) is 69.3 Å². The second-order valence-corrected chi connectivity index (χ2v) is 10.4. The zero-order chi connectivity index (χ0) is 23.7. The molecule has 2 rings (SSSR count). The molecule has 2 aromatic rings. The van der Waals surface area contributed by atoms with Crippen molar-refractivity contribution >= 4 is 13.3 Å². The van der Waals surface area contributed by atoms with Gasteiger partial charge in [0.15, 0.2) is 0 Å². The third kappa shape index (κ3) is 8.71. The summed E-state index contributed by atoms with van der Waals surface area (Å²) in [7, 11) is 4.82. The summed E-state index contributed by atoms with van der Waals surface area (Å²) in [5.74, 6) is 0.300. The van der Waals surface area contributed by atoms with Gasteiger partial charge in [0, 0.05) is 25.2 Å². The predicted octanol–water partition coefficient (Wildman–Crippen LogP) is 4.96. The van der Waals surface area contributed by atoms with E-state index in [2.05, 4.69) is 28.0 Å². The van der Waals surface area contributed by atoms with Crippen LogP contribution in [0.1, 0.15) is 30.0 Å². The van der Waals surface area contributed by atoms with Crippen LogP contribution in [0.2, 0.25) is 0 Å². The van der Waals surface area contributed by atoms with E-state index in [4.69, 9.17) is 9.05 Å². The molecule has 0 heterocycles. The molecule has 0 aromatic heterocycles. The summed E-state index contributed by atoms with van der Waals surface area (Å²) in [4.78, 5) is 14.6. The summed E-state index contributed by atoms with van der Waals surface area (Å²) in [5, 5.41) is 10.8. The van der Waals surface area contributed by atoms with E-state index in [9.17, 15) is 14.7 Å². The van der Waals surface area contributed by atoms with Crippen LogP contribution in [0.25, 0.3) is 0 Å². The number of non-ortho nitro benzene ring substituents is 1. The molecule has 8 nitrogen and oxygen atoms in total. The third-order valence-corrected chi connectivity index (χ3v) is 6.63. The molecule has 1 unspecified atom stereocenters. The van der Waals surface area contributed by atoms with Crippen LogP contribution in [0, 0.1) is 10.1 Å². The van der Waals surface area contributed by atoms with Crippen LogP contribution in [0.15, 0.2) is 42.5 Å². The lowest BCUT2D eigenvalue weighted by Gasteiger charge is -2.19. The van der Waals surface area contributed by atoms with E-state index in [0.29, 0.717) is 12.2 Å². The molecule has 0 fully saturated rings. The van der Waals surface area contributed by atoms with Gasteiger partial charge in [0.1, 0.15) is 5.75 Å². The number of hydrogen-bond donors (Lipinski definition) is 0. The van der Waals surface area contributed by atoms with Gasteiger partial charge in [0.2, 0.25) is 0 Å². The Bertz CT molecular complexity index is 903. The fourth-order valence-electron chi connectivity index (χ4n) is 3.50. The summed E-state index contributed by atoms with van der Waals surface area (Å²) < 4.78 is 24.4. The Balaban J connectivity index is 2.08. The SMILES string of the molecule is CCOP(=O)(CCCc1cc(CN(C)C)cc(CN(C)C)c1)Oc1ccc([N+](=O)[O-])cc1. The Kier molecular flexibility index (Phi) is 9.84. The quantitative estimate of drug-likeness (QED) is 0.236. The first kappa shape index (κ1) is 26.0. The Morgan fingerprint density at radius 1 is 0.938 bits per heavy atom. The fourth-order valence-corrected chi connectivity index (χ4v) is 5.15. The lowest BCUT2D eigenvalue weighted by molar-refractivity contribution is -0.384. The lowest BCUT2D eigenvalue weighted by Crippen LogP contribution is -2.14. The third-order valence-electron chi connectivity index (χ3n) is 4.63. The number of aryl methyl sites for hydroxylation is 1. The Labute approximate surface area is 190 Å². The molecule has 0 amide bonds. The molecule has 0 aliphatic rings. The van der Waals surface area contributed by atoms with Gasteiger partial charge in [-0.25, -0.2) is 4.57 Å². The van der Waals surface area contributed by atoms with E-state index >= 15 is 0 Å².